The third kappa shape index (κ3) is 3.12. The lowest BCUT2D eigenvalue weighted by Crippen LogP contribution is -2.43. The van der Waals surface area contributed by atoms with Gasteiger partial charge in [0.15, 0.2) is 0 Å². The van der Waals surface area contributed by atoms with Crippen molar-refractivity contribution < 1.29 is 9.53 Å². The van der Waals surface area contributed by atoms with Gasteiger partial charge in [-0.25, -0.2) is 0 Å². The molecule has 4 heteroatoms. The molecule has 1 aliphatic heterocycles. The van der Waals surface area contributed by atoms with Crippen molar-refractivity contribution in [2.45, 2.75) is 26.8 Å². The van der Waals surface area contributed by atoms with E-state index in [1.165, 1.54) is 4.90 Å². The first-order chi connectivity index (χ1) is 9.28. The Morgan fingerprint density at radius 3 is 2.75 bits per heavy atom. The third-order valence-corrected chi connectivity index (χ3v) is 2.97. The normalized spacial score (nSPS) is 18.6. The van der Waals surface area contributed by atoms with Gasteiger partial charge in [-0.15, -0.1) is 0 Å². The maximum absolute atomic E-state index is 12.0. The van der Waals surface area contributed by atoms with Gasteiger partial charge in [-0.1, -0.05) is 11.8 Å². The highest BCUT2D eigenvalue weighted by Crippen LogP contribution is 2.31. The standard InChI is InChI=1S/C16H20N2O2/c1-16(2,3)8-7-11-5-6-14-13(9-11)18(4)15(19)12(17)10-20-14/h5-6,9,12H,10,17H2,1-4H3/t12-/m0/s1. The summed E-state index contributed by atoms with van der Waals surface area (Å²) in [6.45, 7) is 6.37. The van der Waals surface area contributed by atoms with Crippen LogP contribution in [0.2, 0.25) is 0 Å². The number of fused-ring (bicyclic) bond motifs is 1. The predicted molar refractivity (Wildman–Crippen MR) is 79.7 cm³/mol. The van der Waals surface area contributed by atoms with Crippen molar-refractivity contribution in [3.63, 3.8) is 0 Å². The Morgan fingerprint density at radius 2 is 2.10 bits per heavy atom. The first-order valence-corrected chi connectivity index (χ1v) is 6.61. The Labute approximate surface area is 119 Å². The molecule has 2 N–H and O–H groups in total. The van der Waals surface area contributed by atoms with Crippen LogP contribution < -0.4 is 15.4 Å². The van der Waals surface area contributed by atoms with E-state index in [-0.39, 0.29) is 17.9 Å². The van der Waals surface area contributed by atoms with E-state index in [0.717, 1.165) is 5.56 Å². The summed E-state index contributed by atoms with van der Waals surface area (Å²) in [5.41, 5.74) is 7.27. The average molecular weight is 272 g/mol. The van der Waals surface area contributed by atoms with E-state index >= 15 is 0 Å². The molecule has 1 atom stereocenters. The van der Waals surface area contributed by atoms with Crippen LogP contribution in [0.3, 0.4) is 0 Å². The minimum atomic E-state index is -0.628. The predicted octanol–water partition coefficient (Wildman–Crippen LogP) is 1.77. The summed E-state index contributed by atoms with van der Waals surface area (Å²) >= 11 is 0. The molecule has 1 aromatic carbocycles. The summed E-state index contributed by atoms with van der Waals surface area (Å²) in [4.78, 5) is 13.6. The largest absolute Gasteiger partial charge is 0.489 e. The van der Waals surface area contributed by atoms with Crippen molar-refractivity contribution in [2.24, 2.45) is 11.1 Å². The number of nitrogens with two attached hydrogens (primary N) is 1. The molecule has 106 valence electrons. The van der Waals surface area contributed by atoms with Gasteiger partial charge in [0, 0.05) is 18.0 Å². The number of benzene rings is 1. The molecular weight excluding hydrogens is 252 g/mol. The number of hydrogen-bond donors (Lipinski definition) is 1. The SMILES string of the molecule is CN1C(=O)[C@@H](N)COc2ccc(C#CC(C)(C)C)cc21. The molecule has 0 aromatic heterocycles. The number of carbonyl (C=O) groups is 1. The summed E-state index contributed by atoms with van der Waals surface area (Å²) in [6, 6.07) is 4.97. The molecule has 2 rings (SSSR count). The Balaban J connectivity index is 2.40. The molecular formula is C16H20N2O2. The number of nitrogens with zero attached hydrogens (tertiary/aromatic N) is 1. The second-order valence-corrected chi connectivity index (χ2v) is 6.00. The van der Waals surface area contributed by atoms with Crippen LogP contribution in [-0.4, -0.2) is 25.6 Å². The van der Waals surface area contributed by atoms with E-state index in [9.17, 15) is 4.79 Å². The lowest BCUT2D eigenvalue weighted by atomic mass is 9.97. The van der Waals surface area contributed by atoms with Crippen molar-refractivity contribution in [2.75, 3.05) is 18.6 Å². The van der Waals surface area contributed by atoms with Crippen LogP contribution in [0.1, 0.15) is 26.3 Å². The first-order valence-electron chi connectivity index (χ1n) is 6.61. The van der Waals surface area contributed by atoms with Crippen molar-refractivity contribution in [3.05, 3.63) is 23.8 Å². The molecule has 4 nitrogen and oxygen atoms in total. The molecule has 1 amide bonds. The quantitative estimate of drug-likeness (QED) is 0.732. The van der Waals surface area contributed by atoms with Crippen molar-refractivity contribution >= 4 is 11.6 Å². The first kappa shape index (κ1) is 14.4. The lowest BCUT2D eigenvalue weighted by molar-refractivity contribution is -0.119. The van der Waals surface area contributed by atoms with Crippen molar-refractivity contribution in [3.8, 4) is 17.6 Å². The van der Waals surface area contributed by atoms with Crippen LogP contribution in [0, 0.1) is 17.3 Å². The number of hydrogen-bond acceptors (Lipinski definition) is 3. The summed E-state index contributed by atoms with van der Waals surface area (Å²) in [5, 5.41) is 0. The van der Waals surface area contributed by atoms with Gasteiger partial charge < -0.3 is 15.4 Å². The Bertz CT molecular complexity index is 591. The van der Waals surface area contributed by atoms with Crippen LogP contribution >= 0.6 is 0 Å². The van der Waals surface area contributed by atoms with Gasteiger partial charge in [-0.3, -0.25) is 4.79 Å². The topological polar surface area (TPSA) is 55.6 Å². The molecule has 0 bridgehead atoms. The molecule has 1 aromatic rings. The molecule has 20 heavy (non-hydrogen) atoms. The zero-order chi connectivity index (χ0) is 14.9. The van der Waals surface area contributed by atoms with Crippen molar-refractivity contribution in [1.29, 1.82) is 0 Å². The number of likely N-dealkylation sites (N-methyl/N-ethyl adjacent to an activating group) is 1. The molecule has 0 unspecified atom stereocenters. The summed E-state index contributed by atoms with van der Waals surface area (Å²) in [6.07, 6.45) is 0. The van der Waals surface area contributed by atoms with Crippen LogP contribution in [0.4, 0.5) is 5.69 Å². The van der Waals surface area contributed by atoms with E-state index in [0.29, 0.717) is 11.4 Å². The average Bonchev–Trinajstić information content (AvgIpc) is 2.49. The summed E-state index contributed by atoms with van der Waals surface area (Å²) in [5.74, 6) is 6.82. The fourth-order valence-corrected chi connectivity index (χ4v) is 1.86. The molecule has 0 saturated heterocycles. The van der Waals surface area contributed by atoms with Gasteiger partial charge in [0.25, 0.3) is 0 Å². The molecule has 1 aliphatic rings. The Kier molecular flexibility index (Phi) is 3.74. The van der Waals surface area contributed by atoms with E-state index < -0.39 is 6.04 Å². The highest BCUT2D eigenvalue weighted by atomic mass is 16.5. The van der Waals surface area contributed by atoms with Crippen LogP contribution in [0.5, 0.6) is 5.75 Å². The summed E-state index contributed by atoms with van der Waals surface area (Å²) < 4.78 is 5.57. The molecule has 0 fully saturated rings. The maximum Gasteiger partial charge on any atom is 0.247 e. The zero-order valence-electron chi connectivity index (χ0n) is 12.4. The highest BCUT2D eigenvalue weighted by molar-refractivity contribution is 5.98. The van der Waals surface area contributed by atoms with E-state index in [1.54, 1.807) is 7.05 Å². The highest BCUT2D eigenvalue weighted by Gasteiger charge is 2.26. The maximum atomic E-state index is 12.0. The molecule has 0 saturated carbocycles. The van der Waals surface area contributed by atoms with Gasteiger partial charge >= 0.3 is 0 Å². The zero-order valence-corrected chi connectivity index (χ0v) is 12.4. The van der Waals surface area contributed by atoms with Gasteiger partial charge in [-0.2, -0.15) is 0 Å². The third-order valence-electron chi connectivity index (χ3n) is 2.97. The van der Waals surface area contributed by atoms with Crippen LogP contribution in [0.15, 0.2) is 18.2 Å². The van der Waals surface area contributed by atoms with E-state index in [2.05, 4.69) is 32.6 Å². The minimum Gasteiger partial charge on any atom is -0.489 e. The second kappa shape index (κ2) is 5.18. The minimum absolute atomic E-state index is 0.0621. The lowest BCUT2D eigenvalue weighted by Gasteiger charge is -2.17. The van der Waals surface area contributed by atoms with Gasteiger partial charge in [0.05, 0.1) is 5.69 Å². The summed E-state index contributed by atoms with van der Waals surface area (Å²) in [7, 11) is 1.71. The van der Waals surface area contributed by atoms with Gasteiger partial charge in [0.2, 0.25) is 5.91 Å². The number of anilines is 1. The fourth-order valence-electron chi connectivity index (χ4n) is 1.86. The van der Waals surface area contributed by atoms with Gasteiger partial charge in [0.1, 0.15) is 18.4 Å². The Morgan fingerprint density at radius 1 is 1.40 bits per heavy atom. The van der Waals surface area contributed by atoms with E-state index in [1.807, 2.05) is 18.2 Å². The number of carbonyl (C=O) groups excluding carboxylic acids is 1. The van der Waals surface area contributed by atoms with Crippen molar-refractivity contribution in [1.82, 2.24) is 0 Å². The van der Waals surface area contributed by atoms with Gasteiger partial charge in [-0.05, 0) is 39.0 Å². The monoisotopic (exact) mass is 272 g/mol. The molecule has 0 radical (unpaired) electrons. The van der Waals surface area contributed by atoms with Crippen LogP contribution in [0.25, 0.3) is 0 Å². The second-order valence-electron chi connectivity index (χ2n) is 6.00. The van der Waals surface area contributed by atoms with Crippen LogP contribution in [-0.2, 0) is 4.79 Å². The fraction of sp³-hybridized carbons (Fsp3) is 0.438. The smallest absolute Gasteiger partial charge is 0.247 e. The van der Waals surface area contributed by atoms with E-state index in [4.69, 9.17) is 10.5 Å². The Hall–Kier alpha value is -1.99. The molecule has 0 aliphatic carbocycles. The number of ether oxygens (including phenoxy) is 1. The molecule has 1 heterocycles. The molecule has 0 spiro atoms. The number of amides is 1. The number of rotatable bonds is 0.